The Morgan fingerprint density at radius 1 is 0.517 bits per heavy atom. The van der Waals surface area contributed by atoms with Gasteiger partial charge in [0.2, 0.25) is 18.2 Å². The van der Waals surface area contributed by atoms with Gasteiger partial charge in [0.15, 0.2) is 0 Å². The van der Waals surface area contributed by atoms with Crippen molar-refractivity contribution in [3.05, 3.63) is 89.0 Å². The van der Waals surface area contributed by atoms with E-state index in [9.17, 15) is 14.4 Å². The van der Waals surface area contributed by atoms with E-state index in [2.05, 4.69) is 15.0 Å². The summed E-state index contributed by atoms with van der Waals surface area (Å²) in [6.07, 6.45) is 5.58. The molecule has 3 rings (SSSR count). The van der Waals surface area contributed by atoms with Crippen molar-refractivity contribution in [3.8, 4) is 0 Å². The summed E-state index contributed by atoms with van der Waals surface area (Å²) < 4.78 is 0. The van der Waals surface area contributed by atoms with E-state index in [1.807, 2.05) is 42.5 Å². The number of benzene rings is 3. The molecule has 140 valence electrons. The fourth-order valence-corrected chi connectivity index (χ4v) is 3.17. The van der Waals surface area contributed by atoms with E-state index < -0.39 is 0 Å². The fraction of sp³-hybridized carbons (Fsp3) is 0.0870. The molecule has 6 heteroatoms. The van der Waals surface area contributed by atoms with Crippen LogP contribution < -0.4 is 0 Å². The smallest absolute Gasteiger partial charge is 0.211 e. The Balaban J connectivity index is 2.05. The third-order valence-corrected chi connectivity index (χ3v) is 4.44. The van der Waals surface area contributed by atoms with Gasteiger partial charge in [-0.05, 0) is 34.4 Å². The van der Waals surface area contributed by atoms with Crippen LogP contribution in [0.25, 0.3) is 0 Å². The number of carbonyl (C=O) groups excluding carboxylic acids is 3. The highest BCUT2D eigenvalue weighted by molar-refractivity contribution is 5.64. The Bertz CT molecular complexity index is 1100. The van der Waals surface area contributed by atoms with Crippen molar-refractivity contribution < 1.29 is 14.4 Å². The van der Waals surface area contributed by atoms with Crippen molar-refractivity contribution in [2.24, 2.45) is 15.0 Å². The molecule has 0 heterocycles. The Kier molecular flexibility index (Phi) is 6.51. The van der Waals surface area contributed by atoms with E-state index in [4.69, 9.17) is 0 Å². The van der Waals surface area contributed by atoms with Crippen LogP contribution in [0.3, 0.4) is 0 Å². The third-order valence-electron chi connectivity index (χ3n) is 4.44. The first kappa shape index (κ1) is 19.6. The topological polar surface area (TPSA) is 88.3 Å². The van der Waals surface area contributed by atoms with Gasteiger partial charge in [0.1, 0.15) is 0 Å². The average molecular weight is 381 g/mol. The third kappa shape index (κ3) is 4.75. The summed E-state index contributed by atoms with van der Waals surface area (Å²) in [6, 6.07) is 20.0. The molecule has 0 saturated heterocycles. The minimum atomic E-state index is 0.420. The van der Waals surface area contributed by atoms with Gasteiger partial charge in [0.25, 0.3) is 0 Å². The molecule has 3 aromatic rings. The second-order valence-electron chi connectivity index (χ2n) is 6.15. The lowest BCUT2D eigenvalue weighted by Crippen LogP contribution is -1.95. The zero-order valence-corrected chi connectivity index (χ0v) is 15.3. The van der Waals surface area contributed by atoms with Crippen LogP contribution in [-0.2, 0) is 27.2 Å². The molecule has 0 aliphatic rings. The summed E-state index contributed by atoms with van der Waals surface area (Å²) in [5.41, 5.74) is 4.71. The summed E-state index contributed by atoms with van der Waals surface area (Å²) in [6.45, 7) is 0. The lowest BCUT2D eigenvalue weighted by Gasteiger charge is -2.12. The van der Waals surface area contributed by atoms with Gasteiger partial charge in [-0.3, -0.25) is 0 Å². The van der Waals surface area contributed by atoms with Crippen LogP contribution in [-0.4, -0.2) is 18.2 Å². The van der Waals surface area contributed by atoms with Gasteiger partial charge in [-0.1, -0.05) is 54.6 Å². The van der Waals surface area contributed by atoms with Crippen LogP contribution in [0.4, 0.5) is 17.1 Å². The molecule has 0 unspecified atom stereocenters. The molecule has 0 aliphatic heterocycles. The molecule has 29 heavy (non-hydrogen) atoms. The lowest BCUT2D eigenvalue weighted by molar-refractivity contribution is 0.564. The molecule has 6 nitrogen and oxygen atoms in total. The molecule has 0 amide bonds. The molecule has 3 aromatic carbocycles. The summed E-state index contributed by atoms with van der Waals surface area (Å²) in [7, 11) is 0. The van der Waals surface area contributed by atoms with Crippen LogP contribution in [0.2, 0.25) is 0 Å². The largest absolute Gasteiger partial charge is 0.240 e. The van der Waals surface area contributed by atoms with Crippen LogP contribution in [0, 0.1) is 0 Å². The molecular weight excluding hydrogens is 366 g/mol. The minimum absolute atomic E-state index is 0.420. The van der Waals surface area contributed by atoms with Crippen molar-refractivity contribution in [3.63, 3.8) is 0 Å². The van der Waals surface area contributed by atoms with E-state index in [1.165, 1.54) is 0 Å². The molecule has 0 aliphatic carbocycles. The predicted octanol–water partition coefficient (Wildman–Crippen LogP) is 4.77. The summed E-state index contributed by atoms with van der Waals surface area (Å²) >= 11 is 0. The monoisotopic (exact) mass is 381 g/mol. The van der Waals surface area contributed by atoms with Gasteiger partial charge >= 0.3 is 0 Å². The van der Waals surface area contributed by atoms with Crippen molar-refractivity contribution in [1.29, 1.82) is 0 Å². The molecular formula is C23H15N3O3. The molecule has 0 N–H and O–H groups in total. The summed E-state index contributed by atoms with van der Waals surface area (Å²) in [5.74, 6) is 0. The van der Waals surface area contributed by atoms with Gasteiger partial charge < -0.3 is 0 Å². The Morgan fingerprint density at radius 3 is 1.38 bits per heavy atom. The maximum atomic E-state index is 11.1. The molecule has 0 bridgehead atoms. The van der Waals surface area contributed by atoms with Crippen LogP contribution >= 0.6 is 0 Å². The first-order chi connectivity index (χ1) is 14.3. The number of isocyanates is 3. The zero-order chi connectivity index (χ0) is 20.5. The van der Waals surface area contributed by atoms with Gasteiger partial charge in [0, 0.05) is 12.8 Å². The number of nitrogens with zero attached hydrogens (tertiary/aromatic N) is 3. The van der Waals surface area contributed by atoms with E-state index >= 15 is 0 Å². The SMILES string of the molecule is O=C=Nc1ccccc1Cc1cccc(Cc2ccccc2N=C=O)c1N=C=O. The molecule has 0 atom stereocenters. The standard InChI is InChI=1S/C23H15N3O3/c27-14-24-21-10-3-1-6-17(21)12-19-8-5-9-20(23(19)26-16-29)13-18-7-2-4-11-22(18)25-15-28/h1-11H,12-13H2. The van der Waals surface area contributed by atoms with Crippen molar-refractivity contribution >= 4 is 35.3 Å². The second-order valence-corrected chi connectivity index (χ2v) is 6.15. The first-order valence-corrected chi connectivity index (χ1v) is 8.77. The van der Waals surface area contributed by atoms with E-state index in [0.717, 1.165) is 22.3 Å². The number of hydrogen-bond acceptors (Lipinski definition) is 6. The second kappa shape index (κ2) is 9.65. The average Bonchev–Trinajstić information content (AvgIpc) is 2.73. The Hall–Kier alpha value is -4.20. The Morgan fingerprint density at radius 2 is 0.931 bits per heavy atom. The molecule has 0 spiro atoms. The summed E-state index contributed by atoms with van der Waals surface area (Å²) in [4.78, 5) is 43.9. The fourth-order valence-electron chi connectivity index (χ4n) is 3.17. The highest BCUT2D eigenvalue weighted by atomic mass is 16.1. The molecule has 0 radical (unpaired) electrons. The van der Waals surface area contributed by atoms with E-state index in [1.54, 1.807) is 42.5 Å². The van der Waals surface area contributed by atoms with Gasteiger partial charge in [-0.25, -0.2) is 14.4 Å². The normalized spacial score (nSPS) is 9.66. The molecule has 0 aromatic heterocycles. The van der Waals surface area contributed by atoms with Crippen LogP contribution in [0.15, 0.2) is 81.7 Å². The minimum Gasteiger partial charge on any atom is -0.211 e. The first-order valence-electron chi connectivity index (χ1n) is 8.77. The van der Waals surface area contributed by atoms with Crippen molar-refractivity contribution in [2.45, 2.75) is 12.8 Å². The number of aliphatic imine (C=N–C) groups is 3. The van der Waals surface area contributed by atoms with E-state index in [-0.39, 0.29) is 0 Å². The quantitative estimate of drug-likeness (QED) is 0.436. The van der Waals surface area contributed by atoms with Gasteiger partial charge in [0.05, 0.1) is 17.1 Å². The zero-order valence-electron chi connectivity index (χ0n) is 15.3. The van der Waals surface area contributed by atoms with Crippen molar-refractivity contribution in [1.82, 2.24) is 0 Å². The number of rotatable bonds is 7. The number of para-hydroxylation sites is 3. The summed E-state index contributed by atoms with van der Waals surface area (Å²) in [5, 5.41) is 0. The highest BCUT2D eigenvalue weighted by Crippen LogP contribution is 2.32. The van der Waals surface area contributed by atoms with Crippen LogP contribution in [0.5, 0.6) is 0 Å². The molecule has 0 saturated carbocycles. The number of hydrogen-bond donors (Lipinski definition) is 0. The van der Waals surface area contributed by atoms with Crippen molar-refractivity contribution in [2.75, 3.05) is 0 Å². The molecule has 0 fully saturated rings. The van der Waals surface area contributed by atoms with Crippen LogP contribution in [0.1, 0.15) is 22.3 Å². The Labute approximate surface area is 167 Å². The maximum Gasteiger partial charge on any atom is 0.240 e. The van der Waals surface area contributed by atoms with Gasteiger partial charge in [-0.15, -0.1) is 0 Å². The maximum absolute atomic E-state index is 11.1. The van der Waals surface area contributed by atoms with E-state index in [0.29, 0.717) is 29.9 Å². The van der Waals surface area contributed by atoms with Gasteiger partial charge in [-0.2, -0.15) is 15.0 Å². The lowest BCUT2D eigenvalue weighted by atomic mass is 9.95. The predicted molar refractivity (Wildman–Crippen MR) is 108 cm³/mol. The highest BCUT2D eigenvalue weighted by Gasteiger charge is 2.12.